The van der Waals surface area contributed by atoms with Gasteiger partial charge in [-0.05, 0) is 32.2 Å². The zero-order chi connectivity index (χ0) is 12.9. The number of hydrogen-bond acceptors (Lipinski definition) is 4. The molecule has 0 bridgehead atoms. The second-order valence-corrected chi connectivity index (χ2v) is 5.16. The summed E-state index contributed by atoms with van der Waals surface area (Å²) in [7, 11) is 1.39. The number of hydrogen-bond donors (Lipinski definition) is 0. The summed E-state index contributed by atoms with van der Waals surface area (Å²) in [5.41, 5.74) is -0.639. The van der Waals surface area contributed by atoms with Gasteiger partial charge in [0.05, 0.1) is 12.5 Å². The Morgan fingerprint density at radius 3 is 2.59 bits per heavy atom. The first kappa shape index (κ1) is 13.9. The average molecular weight is 254 g/mol. The van der Waals surface area contributed by atoms with Crippen molar-refractivity contribution in [2.45, 2.75) is 18.7 Å². The van der Waals surface area contributed by atoms with Gasteiger partial charge in [0.2, 0.25) is 0 Å². The average Bonchev–Trinajstić information content (AvgIpc) is 2.35. The van der Waals surface area contributed by atoms with E-state index in [0.29, 0.717) is 6.61 Å². The molecule has 0 N–H and O–H groups in total. The number of ether oxygens (including phenoxy) is 2. The minimum Gasteiger partial charge on any atom is -0.491 e. The number of esters is 1. The van der Waals surface area contributed by atoms with Crippen LogP contribution < -0.4 is 4.74 Å². The predicted molar refractivity (Wildman–Crippen MR) is 69.5 cm³/mol. The SMILES string of the molecule is COC(=O)C(C)(C)COc1ccccc1SC. The summed E-state index contributed by atoms with van der Waals surface area (Å²) in [6, 6.07) is 7.77. The highest BCUT2D eigenvalue weighted by molar-refractivity contribution is 7.98. The topological polar surface area (TPSA) is 35.5 Å². The van der Waals surface area contributed by atoms with E-state index in [0.717, 1.165) is 10.6 Å². The second-order valence-electron chi connectivity index (χ2n) is 4.31. The van der Waals surface area contributed by atoms with E-state index >= 15 is 0 Å². The van der Waals surface area contributed by atoms with Crippen molar-refractivity contribution in [1.29, 1.82) is 0 Å². The lowest BCUT2D eigenvalue weighted by atomic mass is 9.95. The van der Waals surface area contributed by atoms with E-state index in [4.69, 9.17) is 9.47 Å². The minimum absolute atomic E-state index is 0.265. The zero-order valence-corrected chi connectivity index (χ0v) is 11.5. The molecule has 4 heteroatoms. The monoisotopic (exact) mass is 254 g/mol. The summed E-state index contributed by atoms with van der Waals surface area (Å²) in [6.45, 7) is 3.91. The van der Waals surface area contributed by atoms with Crippen LogP contribution in [0.5, 0.6) is 5.75 Å². The number of methoxy groups -OCH3 is 1. The molecule has 0 heterocycles. The lowest BCUT2D eigenvalue weighted by Crippen LogP contribution is -2.32. The van der Waals surface area contributed by atoms with Gasteiger partial charge >= 0.3 is 5.97 Å². The van der Waals surface area contributed by atoms with E-state index in [1.807, 2.05) is 30.5 Å². The van der Waals surface area contributed by atoms with Crippen molar-refractivity contribution in [3.63, 3.8) is 0 Å². The number of benzene rings is 1. The van der Waals surface area contributed by atoms with Crippen molar-refractivity contribution in [2.75, 3.05) is 20.0 Å². The molecule has 0 aliphatic heterocycles. The number of thioether (sulfide) groups is 1. The molecule has 0 atom stereocenters. The lowest BCUT2D eigenvalue weighted by molar-refractivity contribution is -0.152. The highest BCUT2D eigenvalue weighted by Gasteiger charge is 2.29. The number of para-hydroxylation sites is 1. The first-order chi connectivity index (χ1) is 8.01. The molecule has 0 aliphatic rings. The quantitative estimate of drug-likeness (QED) is 0.598. The van der Waals surface area contributed by atoms with Crippen LogP contribution >= 0.6 is 11.8 Å². The maximum atomic E-state index is 11.5. The van der Waals surface area contributed by atoms with Gasteiger partial charge in [-0.2, -0.15) is 0 Å². The number of rotatable bonds is 5. The Bertz CT molecular complexity index is 388. The zero-order valence-electron chi connectivity index (χ0n) is 10.6. The normalized spacial score (nSPS) is 11.1. The fourth-order valence-corrected chi connectivity index (χ4v) is 1.87. The van der Waals surface area contributed by atoms with E-state index in [-0.39, 0.29) is 5.97 Å². The van der Waals surface area contributed by atoms with Gasteiger partial charge in [0.1, 0.15) is 12.4 Å². The second kappa shape index (κ2) is 5.96. The Kier molecular flexibility index (Phi) is 4.87. The van der Waals surface area contributed by atoms with Gasteiger partial charge in [-0.3, -0.25) is 4.79 Å². The molecule has 1 rings (SSSR count). The van der Waals surface area contributed by atoms with Crippen molar-refractivity contribution in [3.8, 4) is 5.75 Å². The summed E-state index contributed by atoms with van der Waals surface area (Å²) < 4.78 is 10.4. The molecule has 1 aromatic carbocycles. The summed E-state index contributed by atoms with van der Waals surface area (Å²) in [5, 5.41) is 0. The van der Waals surface area contributed by atoms with Crippen LogP contribution in [0.1, 0.15) is 13.8 Å². The van der Waals surface area contributed by atoms with E-state index in [9.17, 15) is 4.79 Å². The fraction of sp³-hybridized carbons (Fsp3) is 0.462. The van der Waals surface area contributed by atoms with Crippen LogP contribution in [0, 0.1) is 5.41 Å². The molecule has 0 amide bonds. The highest BCUT2D eigenvalue weighted by atomic mass is 32.2. The number of carbonyl (C=O) groups is 1. The largest absolute Gasteiger partial charge is 0.491 e. The molecule has 0 fully saturated rings. The van der Waals surface area contributed by atoms with E-state index in [1.54, 1.807) is 25.6 Å². The van der Waals surface area contributed by atoms with Crippen molar-refractivity contribution in [1.82, 2.24) is 0 Å². The molecule has 0 saturated carbocycles. The standard InChI is InChI=1S/C13H18O3S/c1-13(2,12(14)15-3)9-16-10-7-5-6-8-11(10)17-4/h5-8H,9H2,1-4H3. The van der Waals surface area contributed by atoms with Gasteiger partial charge in [-0.15, -0.1) is 11.8 Å². The molecule has 94 valence electrons. The van der Waals surface area contributed by atoms with Gasteiger partial charge in [0, 0.05) is 4.90 Å². The number of carbonyl (C=O) groups excluding carboxylic acids is 1. The molecule has 3 nitrogen and oxygen atoms in total. The van der Waals surface area contributed by atoms with Crippen molar-refractivity contribution in [3.05, 3.63) is 24.3 Å². The van der Waals surface area contributed by atoms with Crippen LogP contribution in [0.25, 0.3) is 0 Å². The van der Waals surface area contributed by atoms with Crippen molar-refractivity contribution < 1.29 is 14.3 Å². The first-order valence-electron chi connectivity index (χ1n) is 5.35. The molecule has 1 aromatic rings. The van der Waals surface area contributed by atoms with Crippen LogP contribution in [-0.2, 0) is 9.53 Å². The maximum Gasteiger partial charge on any atom is 0.314 e. The Morgan fingerprint density at radius 1 is 1.35 bits per heavy atom. The Labute approximate surface area is 106 Å². The summed E-state index contributed by atoms with van der Waals surface area (Å²) in [5.74, 6) is 0.538. The minimum atomic E-state index is -0.639. The maximum absolute atomic E-state index is 11.5. The molecule has 0 unspecified atom stereocenters. The molecular weight excluding hydrogens is 236 g/mol. The van der Waals surface area contributed by atoms with E-state index in [1.165, 1.54) is 7.11 Å². The van der Waals surface area contributed by atoms with E-state index in [2.05, 4.69) is 0 Å². The Balaban J connectivity index is 2.70. The fourth-order valence-electron chi connectivity index (χ4n) is 1.33. The van der Waals surface area contributed by atoms with Crippen LogP contribution in [-0.4, -0.2) is 25.9 Å². The molecule has 0 radical (unpaired) electrons. The molecule has 17 heavy (non-hydrogen) atoms. The summed E-state index contributed by atoms with van der Waals surface area (Å²) in [6.07, 6.45) is 1.99. The molecule has 0 spiro atoms. The summed E-state index contributed by atoms with van der Waals surface area (Å²) in [4.78, 5) is 12.6. The molecular formula is C13H18O3S. The third-order valence-corrected chi connectivity index (χ3v) is 3.17. The van der Waals surface area contributed by atoms with Gasteiger partial charge in [0.15, 0.2) is 0 Å². The smallest absolute Gasteiger partial charge is 0.314 e. The van der Waals surface area contributed by atoms with Gasteiger partial charge in [-0.25, -0.2) is 0 Å². The van der Waals surface area contributed by atoms with Crippen molar-refractivity contribution in [2.24, 2.45) is 5.41 Å². The summed E-state index contributed by atoms with van der Waals surface area (Å²) >= 11 is 1.62. The van der Waals surface area contributed by atoms with Crippen LogP contribution in [0.2, 0.25) is 0 Å². The van der Waals surface area contributed by atoms with Crippen LogP contribution in [0.3, 0.4) is 0 Å². The third-order valence-electron chi connectivity index (χ3n) is 2.40. The molecule has 0 aromatic heterocycles. The lowest BCUT2D eigenvalue weighted by Gasteiger charge is -2.22. The Hall–Kier alpha value is -1.16. The Morgan fingerprint density at radius 2 is 2.00 bits per heavy atom. The van der Waals surface area contributed by atoms with Gasteiger partial charge in [-0.1, -0.05) is 12.1 Å². The predicted octanol–water partition coefficient (Wildman–Crippen LogP) is 2.99. The van der Waals surface area contributed by atoms with Crippen molar-refractivity contribution >= 4 is 17.7 Å². The molecule has 0 saturated heterocycles. The van der Waals surface area contributed by atoms with Crippen LogP contribution in [0.4, 0.5) is 0 Å². The molecule has 0 aliphatic carbocycles. The third kappa shape index (κ3) is 3.66. The van der Waals surface area contributed by atoms with E-state index < -0.39 is 5.41 Å². The highest BCUT2D eigenvalue weighted by Crippen LogP contribution is 2.28. The first-order valence-corrected chi connectivity index (χ1v) is 6.58. The van der Waals surface area contributed by atoms with Gasteiger partial charge < -0.3 is 9.47 Å². The van der Waals surface area contributed by atoms with Gasteiger partial charge in [0.25, 0.3) is 0 Å². The van der Waals surface area contributed by atoms with Crippen LogP contribution in [0.15, 0.2) is 29.2 Å².